The van der Waals surface area contributed by atoms with E-state index >= 15 is 0 Å². The monoisotopic (exact) mass is 286 g/mol. The number of esters is 2. The third-order valence-corrected chi connectivity index (χ3v) is 3.86. The predicted molar refractivity (Wildman–Crippen MR) is 79.1 cm³/mol. The fourth-order valence-corrected chi connectivity index (χ4v) is 1.66. The first-order chi connectivity index (χ1) is 9.02. The molecule has 0 aromatic rings. The highest BCUT2D eigenvalue weighted by atomic mass is 16.6. The molecule has 0 bridgehead atoms. The molecule has 0 amide bonds. The Labute approximate surface area is 123 Å². The van der Waals surface area contributed by atoms with Crippen LogP contribution in [0, 0.1) is 23.7 Å². The lowest BCUT2D eigenvalue weighted by Crippen LogP contribution is -2.46. The first-order valence-corrected chi connectivity index (χ1v) is 7.41. The van der Waals surface area contributed by atoms with Gasteiger partial charge in [-0.25, -0.2) is 0 Å². The SMILES string of the molecule is CC(C)C(=O)OCC(C)C(C)(OC(=O)C(C)C)C(C)C. The second-order valence-corrected chi connectivity index (χ2v) is 6.60. The molecule has 0 saturated carbocycles. The van der Waals surface area contributed by atoms with Gasteiger partial charge in [-0.3, -0.25) is 9.59 Å². The summed E-state index contributed by atoms with van der Waals surface area (Å²) in [6.45, 7) is 15.4. The van der Waals surface area contributed by atoms with E-state index in [0.29, 0.717) is 0 Å². The molecule has 0 fully saturated rings. The topological polar surface area (TPSA) is 52.6 Å². The standard InChI is InChI=1S/C16H30O4/c1-10(2)14(17)19-9-13(7)16(8,12(5)6)20-15(18)11(3)4/h10-13H,9H2,1-8H3. The van der Waals surface area contributed by atoms with E-state index in [9.17, 15) is 9.59 Å². The molecule has 2 atom stereocenters. The summed E-state index contributed by atoms with van der Waals surface area (Å²) in [5.41, 5.74) is -0.640. The molecule has 0 aromatic heterocycles. The molecule has 4 heteroatoms. The van der Waals surface area contributed by atoms with Crippen LogP contribution in [-0.2, 0) is 19.1 Å². The maximum atomic E-state index is 11.9. The van der Waals surface area contributed by atoms with Crippen molar-refractivity contribution < 1.29 is 19.1 Å². The van der Waals surface area contributed by atoms with Gasteiger partial charge in [-0.1, -0.05) is 48.5 Å². The molecule has 0 radical (unpaired) electrons. The molecule has 0 N–H and O–H groups in total. The minimum absolute atomic E-state index is 0.0621. The summed E-state index contributed by atoms with van der Waals surface area (Å²) in [7, 11) is 0. The predicted octanol–water partition coefficient (Wildman–Crippen LogP) is 3.44. The van der Waals surface area contributed by atoms with Crippen LogP contribution in [-0.4, -0.2) is 24.1 Å². The fraction of sp³-hybridized carbons (Fsp3) is 0.875. The van der Waals surface area contributed by atoms with E-state index in [-0.39, 0.29) is 42.2 Å². The quantitative estimate of drug-likeness (QED) is 0.673. The molecule has 118 valence electrons. The van der Waals surface area contributed by atoms with Crippen molar-refractivity contribution in [1.29, 1.82) is 0 Å². The van der Waals surface area contributed by atoms with Crippen molar-refractivity contribution in [2.75, 3.05) is 6.61 Å². The summed E-state index contributed by atoms with van der Waals surface area (Å²) < 4.78 is 11.0. The highest BCUT2D eigenvalue weighted by Crippen LogP contribution is 2.31. The van der Waals surface area contributed by atoms with Crippen LogP contribution in [0.15, 0.2) is 0 Å². The second-order valence-electron chi connectivity index (χ2n) is 6.60. The normalized spacial score (nSPS) is 16.1. The molecule has 0 aliphatic rings. The molecule has 0 aromatic carbocycles. The van der Waals surface area contributed by atoms with Gasteiger partial charge in [0.25, 0.3) is 0 Å². The Morgan fingerprint density at radius 2 is 1.35 bits per heavy atom. The first-order valence-electron chi connectivity index (χ1n) is 7.41. The van der Waals surface area contributed by atoms with Gasteiger partial charge in [-0.05, 0) is 12.8 Å². The highest BCUT2D eigenvalue weighted by Gasteiger charge is 2.39. The third kappa shape index (κ3) is 5.14. The maximum absolute atomic E-state index is 11.9. The van der Waals surface area contributed by atoms with Crippen LogP contribution in [0.25, 0.3) is 0 Å². The van der Waals surface area contributed by atoms with Gasteiger partial charge in [0.05, 0.1) is 18.4 Å². The van der Waals surface area contributed by atoms with E-state index in [1.807, 2.05) is 41.5 Å². The first kappa shape index (κ1) is 18.9. The zero-order valence-corrected chi connectivity index (χ0v) is 14.1. The Morgan fingerprint density at radius 3 is 1.70 bits per heavy atom. The molecule has 0 aliphatic heterocycles. The van der Waals surface area contributed by atoms with Crippen molar-refractivity contribution in [3.8, 4) is 0 Å². The van der Waals surface area contributed by atoms with Gasteiger partial charge in [0.15, 0.2) is 0 Å². The Hall–Kier alpha value is -1.06. The molecule has 0 saturated heterocycles. The van der Waals surface area contributed by atoms with E-state index < -0.39 is 5.60 Å². The van der Waals surface area contributed by atoms with Crippen LogP contribution in [0.2, 0.25) is 0 Å². The lowest BCUT2D eigenvalue weighted by molar-refractivity contribution is -0.178. The second kappa shape index (κ2) is 7.65. The van der Waals surface area contributed by atoms with E-state index in [4.69, 9.17) is 9.47 Å². The average molecular weight is 286 g/mol. The lowest BCUT2D eigenvalue weighted by Gasteiger charge is -2.39. The zero-order chi connectivity index (χ0) is 16.1. The number of rotatable bonds is 7. The average Bonchev–Trinajstić information content (AvgIpc) is 2.34. The highest BCUT2D eigenvalue weighted by molar-refractivity contribution is 5.72. The number of ether oxygens (including phenoxy) is 2. The zero-order valence-electron chi connectivity index (χ0n) is 14.1. The van der Waals surface area contributed by atoms with Gasteiger partial charge in [0.2, 0.25) is 0 Å². The molecule has 4 nitrogen and oxygen atoms in total. The van der Waals surface area contributed by atoms with Crippen LogP contribution in [0.5, 0.6) is 0 Å². The number of carbonyl (C=O) groups is 2. The van der Waals surface area contributed by atoms with Gasteiger partial charge in [0, 0.05) is 5.92 Å². The van der Waals surface area contributed by atoms with Gasteiger partial charge in [0.1, 0.15) is 5.60 Å². The maximum Gasteiger partial charge on any atom is 0.308 e. The molecule has 20 heavy (non-hydrogen) atoms. The Kier molecular flexibility index (Phi) is 7.25. The molecular formula is C16H30O4. The Balaban J connectivity index is 4.80. The number of hydrogen-bond acceptors (Lipinski definition) is 4. The van der Waals surface area contributed by atoms with Crippen molar-refractivity contribution in [3.63, 3.8) is 0 Å². The molecule has 0 heterocycles. The third-order valence-electron chi connectivity index (χ3n) is 3.86. The van der Waals surface area contributed by atoms with Crippen molar-refractivity contribution >= 4 is 11.9 Å². The van der Waals surface area contributed by atoms with E-state index in [1.54, 1.807) is 13.8 Å². The largest absolute Gasteiger partial charge is 0.465 e. The van der Waals surface area contributed by atoms with E-state index in [2.05, 4.69) is 0 Å². The molecule has 0 spiro atoms. The van der Waals surface area contributed by atoms with Gasteiger partial charge in [-0.15, -0.1) is 0 Å². The Morgan fingerprint density at radius 1 is 0.900 bits per heavy atom. The molecule has 2 unspecified atom stereocenters. The van der Waals surface area contributed by atoms with Crippen molar-refractivity contribution in [3.05, 3.63) is 0 Å². The van der Waals surface area contributed by atoms with Crippen LogP contribution < -0.4 is 0 Å². The summed E-state index contributed by atoms with van der Waals surface area (Å²) in [5, 5.41) is 0. The fourth-order valence-electron chi connectivity index (χ4n) is 1.66. The summed E-state index contributed by atoms with van der Waals surface area (Å²) in [4.78, 5) is 23.4. The summed E-state index contributed by atoms with van der Waals surface area (Å²) in [6, 6.07) is 0. The summed E-state index contributed by atoms with van der Waals surface area (Å²) in [6.07, 6.45) is 0. The van der Waals surface area contributed by atoms with Crippen molar-refractivity contribution in [2.45, 2.75) is 61.0 Å². The summed E-state index contributed by atoms with van der Waals surface area (Å²) in [5.74, 6) is -0.684. The Bertz CT molecular complexity index is 333. The van der Waals surface area contributed by atoms with Crippen LogP contribution in [0.4, 0.5) is 0 Å². The smallest absolute Gasteiger partial charge is 0.308 e. The van der Waals surface area contributed by atoms with Gasteiger partial charge >= 0.3 is 11.9 Å². The number of hydrogen-bond donors (Lipinski definition) is 0. The molecule has 0 rings (SSSR count). The van der Waals surface area contributed by atoms with E-state index in [0.717, 1.165) is 0 Å². The van der Waals surface area contributed by atoms with E-state index in [1.165, 1.54) is 0 Å². The van der Waals surface area contributed by atoms with Gasteiger partial charge in [-0.2, -0.15) is 0 Å². The van der Waals surface area contributed by atoms with Gasteiger partial charge < -0.3 is 9.47 Å². The number of carbonyl (C=O) groups excluding carboxylic acids is 2. The van der Waals surface area contributed by atoms with Crippen LogP contribution in [0.1, 0.15) is 55.4 Å². The lowest BCUT2D eigenvalue weighted by atomic mass is 9.81. The minimum atomic E-state index is -0.640. The van der Waals surface area contributed by atoms with Crippen molar-refractivity contribution in [2.24, 2.45) is 23.7 Å². The van der Waals surface area contributed by atoms with Crippen LogP contribution in [0.3, 0.4) is 0 Å². The van der Waals surface area contributed by atoms with Crippen LogP contribution >= 0.6 is 0 Å². The molecule has 0 aliphatic carbocycles. The van der Waals surface area contributed by atoms with Crippen molar-refractivity contribution in [1.82, 2.24) is 0 Å². The summed E-state index contributed by atoms with van der Waals surface area (Å²) >= 11 is 0. The molecular weight excluding hydrogens is 256 g/mol. The minimum Gasteiger partial charge on any atom is -0.465 e.